The van der Waals surface area contributed by atoms with Gasteiger partial charge in [-0.15, -0.1) is 0 Å². The van der Waals surface area contributed by atoms with E-state index in [0.29, 0.717) is 5.56 Å². The van der Waals surface area contributed by atoms with Crippen LogP contribution in [0.25, 0.3) is 0 Å². The Labute approximate surface area is 266 Å². The maximum Gasteiger partial charge on any atom is 0.336 e. The van der Waals surface area contributed by atoms with Crippen LogP contribution in [-0.4, -0.2) is 27.9 Å². The lowest BCUT2D eigenvalue weighted by Gasteiger charge is -2.16. The number of unbranched alkanes of at least 4 members (excludes halogenated alkanes) is 18. The predicted molar refractivity (Wildman–Crippen MR) is 181 cm³/mol. The molecule has 5 heteroatoms. The van der Waals surface area contributed by atoms with Crippen molar-refractivity contribution in [1.29, 1.82) is 0 Å². The number of hydrogen-bond donors (Lipinski definition) is 2. The zero-order chi connectivity index (χ0) is 32.0. The fraction of sp³-hybridized carbons (Fsp3) is 0.615. The quantitative estimate of drug-likeness (QED) is 0.0821. The number of carboxylic acids is 2. The molecular weight excluding hydrogens is 548 g/mol. The second kappa shape index (κ2) is 22.5. The van der Waals surface area contributed by atoms with Crippen molar-refractivity contribution in [3.8, 4) is 0 Å². The van der Waals surface area contributed by atoms with E-state index in [1.54, 1.807) is 6.07 Å². The van der Waals surface area contributed by atoms with E-state index in [2.05, 4.69) is 19.9 Å². The third-order valence-electron chi connectivity index (χ3n) is 8.84. The molecule has 2 N–H and O–H groups in total. The Morgan fingerprint density at radius 1 is 0.500 bits per heavy atom. The number of carboxylic acid groups (broad SMARTS) is 2. The highest BCUT2D eigenvalue weighted by atomic mass is 16.4. The summed E-state index contributed by atoms with van der Waals surface area (Å²) in [6.45, 7) is 4.49. The molecule has 0 saturated carbocycles. The summed E-state index contributed by atoms with van der Waals surface area (Å²) in [5, 5.41) is 19.3. The van der Waals surface area contributed by atoms with Crippen molar-refractivity contribution < 1.29 is 24.6 Å². The van der Waals surface area contributed by atoms with Gasteiger partial charge in [-0.25, -0.2) is 9.59 Å². The molecule has 44 heavy (non-hydrogen) atoms. The molecule has 244 valence electrons. The molecule has 0 saturated heterocycles. The molecule has 0 radical (unpaired) electrons. The first-order valence-electron chi connectivity index (χ1n) is 17.7. The summed E-state index contributed by atoms with van der Waals surface area (Å²) in [6, 6.07) is 9.48. The fourth-order valence-electron chi connectivity index (χ4n) is 6.17. The predicted octanol–water partition coefficient (Wildman–Crippen LogP) is 11.2. The maximum absolute atomic E-state index is 13.9. The van der Waals surface area contributed by atoms with E-state index in [-0.39, 0.29) is 16.7 Å². The van der Waals surface area contributed by atoms with E-state index in [1.807, 2.05) is 6.07 Å². The number of rotatable bonds is 26. The Bertz CT molecular complexity index is 1140. The van der Waals surface area contributed by atoms with E-state index in [4.69, 9.17) is 0 Å². The standard InChI is InChI=1S/C39H58O5/c1-3-5-7-9-11-13-15-17-19-21-24-31-25-23-27-34(33(31)26-22-20-18-16-14-12-10-8-6-4-2)37(40)36-30-32(38(41)42)28-29-35(36)39(43)44/h23,25,27-30H,3-22,24,26H2,1-2H3,(H,41,42)(H,43,44). The Kier molecular flexibility index (Phi) is 19.1. The number of aryl methyl sites for hydroxylation is 1. The number of aromatic carboxylic acids is 2. The van der Waals surface area contributed by atoms with Crippen LogP contribution in [0.4, 0.5) is 0 Å². The van der Waals surface area contributed by atoms with Crippen LogP contribution in [0.2, 0.25) is 0 Å². The van der Waals surface area contributed by atoms with Gasteiger partial charge in [0.05, 0.1) is 11.1 Å². The Balaban J connectivity index is 2.09. The van der Waals surface area contributed by atoms with E-state index in [1.165, 1.54) is 121 Å². The highest BCUT2D eigenvalue weighted by Gasteiger charge is 2.23. The fourth-order valence-corrected chi connectivity index (χ4v) is 6.17. The molecule has 0 fully saturated rings. The minimum absolute atomic E-state index is 0.0576. The van der Waals surface area contributed by atoms with Gasteiger partial charge in [0.2, 0.25) is 0 Å². The monoisotopic (exact) mass is 606 g/mol. The summed E-state index contributed by atoms with van der Waals surface area (Å²) in [6.07, 6.45) is 26.7. The lowest BCUT2D eigenvalue weighted by molar-refractivity contribution is 0.0679. The van der Waals surface area contributed by atoms with Gasteiger partial charge in [-0.05, 0) is 55.0 Å². The molecule has 0 aliphatic heterocycles. The number of carbonyl (C=O) groups is 3. The zero-order valence-corrected chi connectivity index (χ0v) is 27.6. The molecule has 0 aliphatic rings. The van der Waals surface area contributed by atoms with Crippen molar-refractivity contribution in [1.82, 2.24) is 0 Å². The number of ketones is 1. The molecule has 0 heterocycles. The molecule has 5 nitrogen and oxygen atoms in total. The van der Waals surface area contributed by atoms with Crippen molar-refractivity contribution in [2.45, 2.75) is 155 Å². The van der Waals surface area contributed by atoms with Crippen molar-refractivity contribution in [3.05, 3.63) is 69.8 Å². The van der Waals surface area contributed by atoms with E-state index < -0.39 is 17.7 Å². The van der Waals surface area contributed by atoms with Crippen LogP contribution in [0.3, 0.4) is 0 Å². The van der Waals surface area contributed by atoms with Crippen LogP contribution in [0.1, 0.15) is 190 Å². The van der Waals surface area contributed by atoms with Crippen LogP contribution >= 0.6 is 0 Å². The third-order valence-corrected chi connectivity index (χ3v) is 8.84. The van der Waals surface area contributed by atoms with Gasteiger partial charge >= 0.3 is 11.9 Å². The molecule has 2 aromatic rings. The van der Waals surface area contributed by atoms with Gasteiger partial charge < -0.3 is 10.2 Å². The SMILES string of the molecule is CCCCCCCCCCCCc1cccc(C(=O)c2cc(C(=O)O)ccc2C(=O)O)c1CCCCCCCCCCCC. The molecule has 0 amide bonds. The first kappa shape index (κ1) is 37.2. The Hall–Kier alpha value is -2.95. The molecule has 0 atom stereocenters. The van der Waals surface area contributed by atoms with Gasteiger partial charge in [-0.2, -0.15) is 0 Å². The molecule has 0 bridgehead atoms. The number of benzene rings is 2. The van der Waals surface area contributed by atoms with Crippen LogP contribution in [0.5, 0.6) is 0 Å². The first-order chi connectivity index (χ1) is 21.4. The minimum Gasteiger partial charge on any atom is -0.478 e. The van der Waals surface area contributed by atoms with Crippen LogP contribution < -0.4 is 0 Å². The van der Waals surface area contributed by atoms with Crippen molar-refractivity contribution >= 4 is 17.7 Å². The average molecular weight is 607 g/mol. The topological polar surface area (TPSA) is 91.7 Å². The van der Waals surface area contributed by atoms with Crippen LogP contribution in [0.15, 0.2) is 36.4 Å². The Morgan fingerprint density at radius 2 is 0.977 bits per heavy atom. The summed E-state index contributed by atoms with van der Waals surface area (Å²) in [5.41, 5.74) is 2.37. The van der Waals surface area contributed by atoms with E-state index >= 15 is 0 Å². The summed E-state index contributed by atoms with van der Waals surface area (Å²) in [4.78, 5) is 37.5. The average Bonchev–Trinajstić information content (AvgIpc) is 3.02. The molecule has 0 spiro atoms. The van der Waals surface area contributed by atoms with E-state index in [0.717, 1.165) is 49.7 Å². The summed E-state index contributed by atoms with van der Waals surface area (Å²) in [7, 11) is 0. The van der Waals surface area contributed by atoms with Gasteiger partial charge in [0.15, 0.2) is 5.78 Å². The van der Waals surface area contributed by atoms with Gasteiger partial charge in [0.25, 0.3) is 0 Å². The third kappa shape index (κ3) is 13.8. The molecule has 0 aromatic heterocycles. The lowest BCUT2D eigenvalue weighted by atomic mass is 9.87. The second-order valence-corrected chi connectivity index (χ2v) is 12.5. The summed E-state index contributed by atoms with van der Waals surface area (Å²) >= 11 is 0. The van der Waals surface area contributed by atoms with Crippen molar-refractivity contribution in [2.75, 3.05) is 0 Å². The Morgan fingerprint density at radius 3 is 1.45 bits per heavy atom. The molecule has 2 aromatic carbocycles. The summed E-state index contributed by atoms with van der Waals surface area (Å²) < 4.78 is 0. The largest absolute Gasteiger partial charge is 0.478 e. The highest BCUT2D eigenvalue weighted by molar-refractivity contribution is 6.15. The van der Waals surface area contributed by atoms with Crippen molar-refractivity contribution in [2.24, 2.45) is 0 Å². The zero-order valence-electron chi connectivity index (χ0n) is 27.6. The maximum atomic E-state index is 13.9. The van der Waals surface area contributed by atoms with E-state index in [9.17, 15) is 24.6 Å². The van der Waals surface area contributed by atoms with Gasteiger partial charge in [0.1, 0.15) is 0 Å². The lowest BCUT2D eigenvalue weighted by Crippen LogP contribution is -2.14. The van der Waals surface area contributed by atoms with Gasteiger partial charge in [-0.1, -0.05) is 148 Å². The molecular formula is C39H58O5. The smallest absolute Gasteiger partial charge is 0.336 e. The second-order valence-electron chi connectivity index (χ2n) is 12.5. The van der Waals surface area contributed by atoms with Crippen LogP contribution in [-0.2, 0) is 12.8 Å². The number of hydrogen-bond acceptors (Lipinski definition) is 3. The summed E-state index contributed by atoms with van der Waals surface area (Å²) in [5.74, 6) is -2.82. The van der Waals surface area contributed by atoms with Gasteiger partial charge in [0, 0.05) is 11.1 Å². The number of carbonyl (C=O) groups excluding carboxylic acids is 1. The highest BCUT2D eigenvalue weighted by Crippen LogP contribution is 2.26. The minimum atomic E-state index is -1.23. The first-order valence-corrected chi connectivity index (χ1v) is 17.7. The van der Waals surface area contributed by atoms with Gasteiger partial charge in [-0.3, -0.25) is 4.79 Å². The normalized spacial score (nSPS) is 11.1. The molecule has 0 aliphatic carbocycles. The molecule has 0 unspecified atom stereocenters. The van der Waals surface area contributed by atoms with Crippen LogP contribution in [0, 0.1) is 0 Å². The van der Waals surface area contributed by atoms with Crippen molar-refractivity contribution in [3.63, 3.8) is 0 Å². The molecule has 2 rings (SSSR count).